The largest absolute Gasteiger partial charge is 0.507 e. The molecule has 0 aliphatic heterocycles. The van der Waals surface area contributed by atoms with Crippen LogP contribution in [0.5, 0.6) is 5.75 Å². The van der Waals surface area contributed by atoms with Crippen LogP contribution in [0.1, 0.15) is 17.3 Å². The summed E-state index contributed by atoms with van der Waals surface area (Å²) < 4.78 is 0. The number of aldehydes is 1. The molecule has 0 spiro atoms. The molecule has 0 fully saturated rings. The first-order chi connectivity index (χ1) is 5.76. The van der Waals surface area contributed by atoms with Crippen LogP contribution in [0, 0.1) is 0 Å². The van der Waals surface area contributed by atoms with Gasteiger partial charge in [-0.1, -0.05) is 12.1 Å². The Hall–Kier alpha value is -1.35. The molecule has 1 rings (SSSR count). The van der Waals surface area contributed by atoms with Gasteiger partial charge in [-0.25, -0.2) is 0 Å². The molecule has 0 saturated heterocycles. The predicted molar refractivity (Wildman–Crippen MR) is 46.3 cm³/mol. The van der Waals surface area contributed by atoms with E-state index in [1.807, 2.05) is 0 Å². The molecule has 0 bridgehead atoms. The Balaban J connectivity index is 0.000000354. The van der Waals surface area contributed by atoms with Gasteiger partial charge in [-0.2, -0.15) is 0 Å². The highest BCUT2D eigenvalue weighted by atomic mass is 16.3. The maximum atomic E-state index is 10.1. The first-order valence-corrected chi connectivity index (χ1v) is 3.60. The van der Waals surface area contributed by atoms with Crippen molar-refractivity contribution in [1.29, 1.82) is 0 Å². The molecular formula is C9H12O3. The zero-order chi connectivity index (χ0) is 9.40. The third-order valence-corrected chi connectivity index (χ3v) is 1.06. The van der Waals surface area contributed by atoms with Crippen molar-refractivity contribution in [3.63, 3.8) is 0 Å². The number of benzene rings is 1. The molecule has 1 aromatic carbocycles. The zero-order valence-corrected chi connectivity index (χ0v) is 6.90. The summed E-state index contributed by atoms with van der Waals surface area (Å²) in [6, 6.07) is 6.40. The van der Waals surface area contributed by atoms with Crippen molar-refractivity contribution in [3.05, 3.63) is 29.8 Å². The second-order valence-electron chi connectivity index (χ2n) is 1.99. The molecular weight excluding hydrogens is 156 g/mol. The Bertz CT molecular complexity index is 233. The third-order valence-electron chi connectivity index (χ3n) is 1.06. The molecule has 0 radical (unpaired) electrons. The van der Waals surface area contributed by atoms with Crippen LogP contribution in [0.2, 0.25) is 0 Å². The average molecular weight is 168 g/mol. The third kappa shape index (κ3) is 3.73. The van der Waals surface area contributed by atoms with E-state index in [4.69, 9.17) is 10.2 Å². The van der Waals surface area contributed by atoms with Crippen LogP contribution in [-0.2, 0) is 0 Å². The van der Waals surface area contributed by atoms with Crippen LogP contribution in [0.4, 0.5) is 0 Å². The van der Waals surface area contributed by atoms with Crippen LogP contribution < -0.4 is 0 Å². The van der Waals surface area contributed by atoms with Gasteiger partial charge < -0.3 is 10.2 Å². The number of para-hydroxylation sites is 1. The molecule has 3 heteroatoms. The quantitative estimate of drug-likeness (QED) is 0.619. The summed E-state index contributed by atoms with van der Waals surface area (Å²) in [4.78, 5) is 10.1. The van der Waals surface area contributed by atoms with Crippen LogP contribution in [0.15, 0.2) is 24.3 Å². The fraction of sp³-hybridized carbons (Fsp3) is 0.222. The molecule has 0 unspecified atom stereocenters. The van der Waals surface area contributed by atoms with E-state index >= 15 is 0 Å². The van der Waals surface area contributed by atoms with Crippen LogP contribution in [-0.4, -0.2) is 23.1 Å². The van der Waals surface area contributed by atoms with Gasteiger partial charge >= 0.3 is 0 Å². The fourth-order valence-electron chi connectivity index (χ4n) is 0.587. The molecule has 3 nitrogen and oxygen atoms in total. The summed E-state index contributed by atoms with van der Waals surface area (Å²) in [6.45, 7) is 1.93. The highest BCUT2D eigenvalue weighted by molar-refractivity contribution is 5.78. The number of phenols is 1. The fourth-order valence-corrected chi connectivity index (χ4v) is 0.587. The van der Waals surface area contributed by atoms with E-state index in [0.717, 1.165) is 0 Å². The van der Waals surface area contributed by atoms with Crippen LogP contribution in [0.25, 0.3) is 0 Å². The molecule has 0 aliphatic carbocycles. The van der Waals surface area contributed by atoms with E-state index in [1.165, 1.54) is 6.07 Å². The topological polar surface area (TPSA) is 57.5 Å². The monoisotopic (exact) mass is 168 g/mol. The van der Waals surface area contributed by atoms with Crippen molar-refractivity contribution < 1.29 is 15.0 Å². The molecule has 0 aliphatic rings. The number of aromatic hydroxyl groups is 1. The second kappa shape index (κ2) is 6.37. The normalized spacial score (nSPS) is 8.17. The molecule has 0 amide bonds. The summed E-state index contributed by atoms with van der Waals surface area (Å²) in [5, 5.41) is 16.4. The van der Waals surface area contributed by atoms with Gasteiger partial charge in [0.05, 0.1) is 5.56 Å². The highest BCUT2D eigenvalue weighted by Crippen LogP contribution is 2.11. The lowest BCUT2D eigenvalue weighted by atomic mass is 10.2. The Morgan fingerprint density at radius 2 is 1.92 bits per heavy atom. The molecule has 12 heavy (non-hydrogen) atoms. The lowest BCUT2D eigenvalue weighted by molar-refractivity contribution is 0.112. The number of aliphatic hydroxyl groups excluding tert-OH is 1. The van der Waals surface area contributed by atoms with E-state index in [2.05, 4.69) is 0 Å². The van der Waals surface area contributed by atoms with Crippen molar-refractivity contribution in [2.24, 2.45) is 0 Å². The van der Waals surface area contributed by atoms with Crippen LogP contribution >= 0.6 is 0 Å². The van der Waals surface area contributed by atoms with Crippen molar-refractivity contribution in [1.82, 2.24) is 0 Å². The van der Waals surface area contributed by atoms with Gasteiger partial charge in [0.25, 0.3) is 0 Å². The van der Waals surface area contributed by atoms with Crippen molar-refractivity contribution in [3.8, 4) is 5.75 Å². The van der Waals surface area contributed by atoms with E-state index in [0.29, 0.717) is 11.8 Å². The van der Waals surface area contributed by atoms with Crippen molar-refractivity contribution in [2.75, 3.05) is 6.61 Å². The molecule has 66 valence electrons. The maximum absolute atomic E-state index is 10.1. The number of carbonyl (C=O) groups is 1. The van der Waals surface area contributed by atoms with Gasteiger partial charge in [-0.3, -0.25) is 4.79 Å². The molecule has 0 aromatic heterocycles. The van der Waals surface area contributed by atoms with Gasteiger partial charge in [0.1, 0.15) is 5.75 Å². The lowest BCUT2D eigenvalue weighted by Crippen LogP contribution is -1.77. The van der Waals surface area contributed by atoms with E-state index in [-0.39, 0.29) is 12.4 Å². The standard InChI is InChI=1S/C7H6O2.C2H6O/c8-5-6-3-1-2-4-7(6)9;1-2-3/h1-5,9H;3H,2H2,1H3. The Morgan fingerprint density at radius 1 is 1.42 bits per heavy atom. The highest BCUT2D eigenvalue weighted by Gasteiger charge is 1.93. The first kappa shape index (κ1) is 10.7. The average Bonchev–Trinajstić information content (AvgIpc) is 2.07. The first-order valence-electron chi connectivity index (χ1n) is 3.60. The minimum Gasteiger partial charge on any atom is -0.507 e. The van der Waals surface area contributed by atoms with Gasteiger partial charge in [0, 0.05) is 6.61 Å². The minimum atomic E-state index is 0.0347. The number of rotatable bonds is 1. The number of phenolic OH excluding ortho intramolecular Hbond substituents is 1. The molecule has 1 aromatic rings. The van der Waals surface area contributed by atoms with Crippen LogP contribution in [0.3, 0.4) is 0 Å². The summed E-state index contributed by atoms with van der Waals surface area (Å²) in [7, 11) is 0. The minimum absolute atomic E-state index is 0.0347. The number of aliphatic hydroxyl groups is 1. The maximum Gasteiger partial charge on any atom is 0.153 e. The Kier molecular flexibility index (Phi) is 5.65. The van der Waals surface area contributed by atoms with E-state index in [9.17, 15) is 4.79 Å². The molecule has 0 saturated carbocycles. The number of carbonyl (C=O) groups excluding carboxylic acids is 1. The summed E-state index contributed by atoms with van der Waals surface area (Å²) in [5.41, 5.74) is 0.331. The SMILES string of the molecule is CCO.O=Cc1ccccc1O. The Morgan fingerprint density at radius 3 is 2.25 bits per heavy atom. The van der Waals surface area contributed by atoms with E-state index < -0.39 is 0 Å². The van der Waals surface area contributed by atoms with E-state index in [1.54, 1.807) is 25.1 Å². The van der Waals surface area contributed by atoms with Crippen molar-refractivity contribution in [2.45, 2.75) is 6.92 Å². The number of hydrogen-bond donors (Lipinski definition) is 2. The summed E-state index contributed by atoms with van der Waals surface area (Å²) >= 11 is 0. The van der Waals surface area contributed by atoms with Gasteiger partial charge in [-0.05, 0) is 19.1 Å². The number of hydrogen-bond acceptors (Lipinski definition) is 3. The molecule has 2 N–H and O–H groups in total. The molecule has 0 heterocycles. The van der Waals surface area contributed by atoms with Gasteiger partial charge in [-0.15, -0.1) is 0 Å². The summed E-state index contributed by atoms with van der Waals surface area (Å²) in [5.74, 6) is 0.0347. The lowest BCUT2D eigenvalue weighted by Gasteiger charge is -1.91. The predicted octanol–water partition coefficient (Wildman–Crippen LogP) is 1.20. The Labute approximate surface area is 71.3 Å². The molecule has 0 atom stereocenters. The van der Waals surface area contributed by atoms with Gasteiger partial charge in [0.15, 0.2) is 6.29 Å². The zero-order valence-electron chi connectivity index (χ0n) is 6.90. The van der Waals surface area contributed by atoms with Crippen molar-refractivity contribution >= 4 is 6.29 Å². The second-order valence-corrected chi connectivity index (χ2v) is 1.99. The summed E-state index contributed by atoms with van der Waals surface area (Å²) in [6.07, 6.45) is 0.620. The smallest absolute Gasteiger partial charge is 0.153 e. The van der Waals surface area contributed by atoms with Gasteiger partial charge in [0.2, 0.25) is 0 Å².